The van der Waals surface area contributed by atoms with Crippen molar-refractivity contribution in [3.8, 4) is 0 Å². The number of nitro benzene ring substituents is 1. The average Bonchev–Trinajstić information content (AvgIpc) is 2.66. The standard InChI is InChI=1S/C20H25N3O4/c1-3-5-6-15-7-10-17(11-8-15)21-14-16-9-12-18(19(13-16)23(25)26)22-20(24)27-4-2/h7-13,21H,3-6,14H2,1-2H3,(H,22,24). The van der Waals surface area contributed by atoms with E-state index in [2.05, 4.69) is 29.7 Å². The van der Waals surface area contributed by atoms with Crippen LogP contribution in [0, 0.1) is 10.1 Å². The van der Waals surface area contributed by atoms with E-state index in [0.29, 0.717) is 6.54 Å². The molecule has 0 heterocycles. The highest BCUT2D eigenvalue weighted by Gasteiger charge is 2.17. The Morgan fingerprint density at radius 1 is 1.11 bits per heavy atom. The van der Waals surface area contributed by atoms with Crippen molar-refractivity contribution in [3.05, 3.63) is 63.7 Å². The Hall–Kier alpha value is -3.09. The lowest BCUT2D eigenvalue weighted by atomic mass is 10.1. The van der Waals surface area contributed by atoms with Gasteiger partial charge in [-0.15, -0.1) is 0 Å². The largest absolute Gasteiger partial charge is 0.450 e. The number of hydrogen-bond donors (Lipinski definition) is 2. The predicted molar refractivity (Wildman–Crippen MR) is 106 cm³/mol. The van der Waals surface area contributed by atoms with E-state index in [4.69, 9.17) is 4.74 Å². The summed E-state index contributed by atoms with van der Waals surface area (Å²) in [5, 5.41) is 17.0. The van der Waals surface area contributed by atoms with E-state index in [1.807, 2.05) is 12.1 Å². The highest BCUT2D eigenvalue weighted by molar-refractivity contribution is 5.87. The van der Waals surface area contributed by atoms with Crippen LogP contribution in [0.3, 0.4) is 0 Å². The van der Waals surface area contributed by atoms with Crippen LogP contribution in [0.25, 0.3) is 0 Å². The van der Waals surface area contributed by atoms with Crippen LogP contribution in [0.5, 0.6) is 0 Å². The molecule has 0 bridgehead atoms. The molecule has 0 aliphatic carbocycles. The fourth-order valence-corrected chi connectivity index (χ4v) is 2.60. The zero-order chi connectivity index (χ0) is 19.6. The van der Waals surface area contributed by atoms with Gasteiger partial charge in [0.2, 0.25) is 0 Å². The molecule has 1 amide bonds. The Labute approximate surface area is 158 Å². The van der Waals surface area contributed by atoms with E-state index >= 15 is 0 Å². The minimum absolute atomic E-state index is 0.113. The highest BCUT2D eigenvalue weighted by atomic mass is 16.6. The zero-order valence-electron chi connectivity index (χ0n) is 15.7. The van der Waals surface area contributed by atoms with Gasteiger partial charge in [0, 0.05) is 18.3 Å². The van der Waals surface area contributed by atoms with E-state index < -0.39 is 11.0 Å². The van der Waals surface area contributed by atoms with Gasteiger partial charge in [0.1, 0.15) is 5.69 Å². The van der Waals surface area contributed by atoms with Crippen molar-refractivity contribution < 1.29 is 14.5 Å². The second kappa shape index (κ2) is 10.2. The van der Waals surface area contributed by atoms with Gasteiger partial charge >= 0.3 is 6.09 Å². The third-order valence-electron chi connectivity index (χ3n) is 4.04. The maximum absolute atomic E-state index is 11.5. The minimum atomic E-state index is -0.713. The fraction of sp³-hybridized carbons (Fsp3) is 0.350. The number of nitro groups is 1. The lowest BCUT2D eigenvalue weighted by Crippen LogP contribution is -2.14. The third-order valence-corrected chi connectivity index (χ3v) is 4.04. The fourth-order valence-electron chi connectivity index (χ4n) is 2.60. The Morgan fingerprint density at radius 2 is 1.81 bits per heavy atom. The van der Waals surface area contributed by atoms with Gasteiger partial charge < -0.3 is 10.1 Å². The molecule has 0 spiro atoms. The number of rotatable bonds is 9. The first-order chi connectivity index (χ1) is 13.0. The monoisotopic (exact) mass is 371 g/mol. The summed E-state index contributed by atoms with van der Waals surface area (Å²) in [6.45, 7) is 4.47. The van der Waals surface area contributed by atoms with Crippen LogP contribution in [-0.2, 0) is 17.7 Å². The van der Waals surface area contributed by atoms with Crippen LogP contribution < -0.4 is 10.6 Å². The molecule has 0 aliphatic heterocycles. The van der Waals surface area contributed by atoms with E-state index in [9.17, 15) is 14.9 Å². The van der Waals surface area contributed by atoms with Crippen molar-refractivity contribution in [2.75, 3.05) is 17.2 Å². The van der Waals surface area contributed by atoms with Gasteiger partial charge in [-0.2, -0.15) is 0 Å². The first kappa shape index (κ1) is 20.2. The molecular formula is C20H25N3O4. The Morgan fingerprint density at radius 3 is 2.44 bits per heavy atom. The Kier molecular flexibility index (Phi) is 7.61. The molecule has 2 rings (SSSR count). The Balaban J connectivity index is 2.03. The third kappa shape index (κ3) is 6.29. The SMILES string of the molecule is CCCCc1ccc(NCc2ccc(NC(=O)OCC)c([N+](=O)[O-])c2)cc1. The summed E-state index contributed by atoms with van der Waals surface area (Å²) in [6, 6.07) is 12.9. The smallest absolute Gasteiger partial charge is 0.411 e. The summed E-state index contributed by atoms with van der Waals surface area (Å²) in [7, 11) is 0. The summed E-state index contributed by atoms with van der Waals surface area (Å²) in [4.78, 5) is 22.3. The molecular weight excluding hydrogens is 346 g/mol. The number of anilines is 2. The number of ether oxygens (including phenoxy) is 1. The number of carbonyl (C=O) groups excluding carboxylic acids is 1. The minimum Gasteiger partial charge on any atom is -0.450 e. The molecule has 7 nitrogen and oxygen atoms in total. The summed E-state index contributed by atoms with van der Waals surface area (Å²) < 4.78 is 4.77. The van der Waals surface area contributed by atoms with Crippen LogP contribution in [0.4, 0.5) is 21.9 Å². The van der Waals surface area contributed by atoms with E-state index in [0.717, 1.165) is 17.7 Å². The maximum Gasteiger partial charge on any atom is 0.411 e. The van der Waals surface area contributed by atoms with E-state index in [1.54, 1.807) is 13.0 Å². The molecule has 0 aromatic heterocycles. The zero-order valence-corrected chi connectivity index (χ0v) is 15.7. The number of nitrogens with zero attached hydrogens (tertiary/aromatic N) is 1. The number of benzene rings is 2. The maximum atomic E-state index is 11.5. The van der Waals surface area contributed by atoms with Gasteiger partial charge in [-0.25, -0.2) is 4.79 Å². The lowest BCUT2D eigenvalue weighted by molar-refractivity contribution is -0.384. The second-order valence-corrected chi connectivity index (χ2v) is 6.11. The van der Waals surface area contributed by atoms with E-state index in [1.165, 1.54) is 30.5 Å². The highest BCUT2D eigenvalue weighted by Crippen LogP contribution is 2.26. The second-order valence-electron chi connectivity index (χ2n) is 6.11. The molecule has 0 saturated heterocycles. The molecule has 144 valence electrons. The van der Waals surface area contributed by atoms with Gasteiger partial charge in [-0.05, 0) is 49.1 Å². The van der Waals surface area contributed by atoms with Gasteiger partial charge in [0.05, 0.1) is 11.5 Å². The van der Waals surface area contributed by atoms with Crippen molar-refractivity contribution in [1.29, 1.82) is 0 Å². The van der Waals surface area contributed by atoms with Crippen LogP contribution >= 0.6 is 0 Å². The van der Waals surface area contributed by atoms with Gasteiger partial charge in [-0.1, -0.05) is 31.5 Å². The van der Waals surface area contributed by atoms with Crippen molar-refractivity contribution in [2.24, 2.45) is 0 Å². The molecule has 2 N–H and O–H groups in total. The van der Waals surface area contributed by atoms with Gasteiger partial charge in [0.25, 0.3) is 5.69 Å². The topological polar surface area (TPSA) is 93.5 Å². The van der Waals surface area contributed by atoms with Crippen molar-refractivity contribution in [1.82, 2.24) is 0 Å². The molecule has 2 aromatic rings. The molecule has 7 heteroatoms. The molecule has 0 fully saturated rings. The normalized spacial score (nSPS) is 10.3. The van der Waals surface area contributed by atoms with Crippen LogP contribution in [-0.4, -0.2) is 17.6 Å². The van der Waals surface area contributed by atoms with Crippen LogP contribution in [0.1, 0.15) is 37.8 Å². The first-order valence-corrected chi connectivity index (χ1v) is 9.07. The van der Waals surface area contributed by atoms with Gasteiger partial charge in [0.15, 0.2) is 0 Å². The number of unbranched alkanes of at least 4 members (excludes halogenated alkanes) is 1. The molecule has 0 radical (unpaired) electrons. The summed E-state index contributed by atoms with van der Waals surface area (Å²) >= 11 is 0. The van der Waals surface area contributed by atoms with E-state index in [-0.39, 0.29) is 18.0 Å². The molecule has 0 saturated carbocycles. The van der Waals surface area contributed by atoms with Gasteiger partial charge in [-0.3, -0.25) is 15.4 Å². The van der Waals surface area contributed by atoms with Crippen LogP contribution in [0.15, 0.2) is 42.5 Å². The molecule has 0 aliphatic rings. The van der Waals surface area contributed by atoms with Crippen molar-refractivity contribution >= 4 is 23.2 Å². The molecule has 0 unspecified atom stereocenters. The predicted octanol–water partition coefficient (Wildman–Crippen LogP) is 5.12. The lowest BCUT2D eigenvalue weighted by Gasteiger charge is -2.10. The summed E-state index contributed by atoms with van der Waals surface area (Å²) in [6.07, 6.45) is 2.69. The molecule has 0 atom stereocenters. The average molecular weight is 371 g/mol. The summed E-state index contributed by atoms with van der Waals surface area (Å²) in [5.41, 5.74) is 2.94. The van der Waals surface area contributed by atoms with Crippen LogP contribution in [0.2, 0.25) is 0 Å². The quantitative estimate of drug-likeness (QED) is 0.471. The summed E-state index contributed by atoms with van der Waals surface area (Å²) in [5.74, 6) is 0. The first-order valence-electron chi connectivity index (χ1n) is 9.07. The molecule has 2 aromatic carbocycles. The number of nitrogens with one attached hydrogen (secondary N) is 2. The van der Waals surface area contributed by atoms with Crippen molar-refractivity contribution in [3.63, 3.8) is 0 Å². The number of carbonyl (C=O) groups is 1. The molecule has 27 heavy (non-hydrogen) atoms. The number of amides is 1. The number of aryl methyl sites for hydroxylation is 1. The Bertz CT molecular complexity index is 775. The van der Waals surface area contributed by atoms with Crippen molar-refractivity contribution in [2.45, 2.75) is 39.7 Å². The number of hydrogen-bond acceptors (Lipinski definition) is 5.